The first-order valence-corrected chi connectivity index (χ1v) is 12.9. The Labute approximate surface area is 229 Å². The number of nitrogens with zero attached hydrogens (tertiary/aromatic N) is 2. The van der Waals surface area contributed by atoms with Crippen molar-refractivity contribution in [3.63, 3.8) is 0 Å². The summed E-state index contributed by atoms with van der Waals surface area (Å²) in [5.74, 6) is -3.56. The zero-order valence-corrected chi connectivity index (χ0v) is 22.3. The van der Waals surface area contributed by atoms with Crippen LogP contribution in [0.25, 0.3) is 0 Å². The first-order valence-electron chi connectivity index (χ1n) is 12.9. The van der Waals surface area contributed by atoms with Gasteiger partial charge in [0.1, 0.15) is 5.54 Å². The Kier molecular flexibility index (Phi) is 8.20. The number of amides is 4. The second-order valence-electron chi connectivity index (χ2n) is 9.86. The van der Waals surface area contributed by atoms with E-state index >= 15 is 0 Å². The molecule has 4 atom stereocenters. The molecule has 214 valence electrons. The molecule has 0 bridgehead atoms. The normalized spacial score (nSPS) is 24.1. The van der Waals surface area contributed by atoms with Gasteiger partial charge in [-0.1, -0.05) is 37.3 Å². The quantitative estimate of drug-likeness (QED) is 0.377. The third-order valence-electron chi connectivity index (χ3n) is 7.69. The summed E-state index contributed by atoms with van der Waals surface area (Å²) >= 11 is 0. The van der Waals surface area contributed by atoms with E-state index in [1.54, 1.807) is 38.1 Å². The molecule has 2 aliphatic rings. The van der Waals surface area contributed by atoms with Gasteiger partial charge in [0.25, 0.3) is 0 Å². The number of alkyl halides is 3. The molecule has 4 rings (SSSR count). The molecule has 2 fully saturated rings. The number of esters is 1. The van der Waals surface area contributed by atoms with Crippen molar-refractivity contribution in [2.75, 3.05) is 25.5 Å². The number of carbonyl (C=O) groups excluding carboxylic acids is 4. The van der Waals surface area contributed by atoms with Gasteiger partial charge >= 0.3 is 18.2 Å². The van der Waals surface area contributed by atoms with Crippen LogP contribution in [-0.2, 0) is 31.8 Å². The molecule has 12 heteroatoms. The van der Waals surface area contributed by atoms with Gasteiger partial charge in [-0.05, 0) is 43.2 Å². The summed E-state index contributed by atoms with van der Waals surface area (Å²) in [7, 11) is 1.21. The molecule has 9 nitrogen and oxygen atoms in total. The smallest absolute Gasteiger partial charge is 0.416 e. The Bertz CT molecular complexity index is 1270. The van der Waals surface area contributed by atoms with Crippen molar-refractivity contribution in [1.82, 2.24) is 15.1 Å². The summed E-state index contributed by atoms with van der Waals surface area (Å²) in [5.41, 5.74) is -1.40. The molecule has 40 heavy (non-hydrogen) atoms. The highest BCUT2D eigenvalue weighted by molar-refractivity contribution is 6.09. The predicted octanol–water partition coefficient (Wildman–Crippen LogP) is 3.65. The Balaban J connectivity index is 1.58. The van der Waals surface area contributed by atoms with Crippen LogP contribution in [-0.4, -0.2) is 65.4 Å². The number of urea groups is 1. The lowest BCUT2D eigenvalue weighted by atomic mass is 9.78. The van der Waals surface area contributed by atoms with Crippen molar-refractivity contribution in [2.45, 2.75) is 44.6 Å². The number of benzene rings is 2. The van der Waals surface area contributed by atoms with Crippen molar-refractivity contribution < 1.29 is 37.1 Å². The first kappa shape index (κ1) is 29.1. The third kappa shape index (κ3) is 5.27. The molecule has 2 aromatic rings. The molecule has 2 aromatic carbocycles. The predicted molar refractivity (Wildman–Crippen MR) is 139 cm³/mol. The number of hydrogen-bond acceptors (Lipinski definition) is 6. The van der Waals surface area contributed by atoms with Crippen molar-refractivity contribution >= 4 is 29.5 Å². The number of fused-ring (bicyclic) bond motifs is 1. The second-order valence-corrected chi connectivity index (χ2v) is 9.86. The van der Waals surface area contributed by atoms with Crippen molar-refractivity contribution in [3.05, 3.63) is 65.7 Å². The van der Waals surface area contributed by atoms with Crippen LogP contribution in [0.2, 0.25) is 0 Å². The zero-order valence-electron chi connectivity index (χ0n) is 22.3. The van der Waals surface area contributed by atoms with Gasteiger partial charge in [-0.25, -0.2) is 4.79 Å². The molecule has 4 amide bonds. The van der Waals surface area contributed by atoms with E-state index in [0.717, 1.165) is 34.7 Å². The maximum absolute atomic E-state index is 13.7. The van der Waals surface area contributed by atoms with Gasteiger partial charge in [0.05, 0.1) is 31.1 Å². The minimum absolute atomic E-state index is 0.0406. The van der Waals surface area contributed by atoms with E-state index in [-0.39, 0.29) is 31.7 Å². The number of imide groups is 1. The molecule has 2 aliphatic heterocycles. The fraction of sp³-hybridized carbons (Fsp3) is 0.429. The fourth-order valence-corrected chi connectivity index (χ4v) is 5.64. The number of nitrogens with one attached hydrogen (secondary N) is 2. The molecular weight excluding hydrogens is 529 g/mol. The van der Waals surface area contributed by atoms with Gasteiger partial charge in [0.2, 0.25) is 11.8 Å². The van der Waals surface area contributed by atoms with Crippen molar-refractivity contribution in [2.24, 2.45) is 11.8 Å². The highest BCUT2D eigenvalue weighted by atomic mass is 19.4. The monoisotopic (exact) mass is 560 g/mol. The number of likely N-dealkylation sites (N-methyl/N-ethyl adjacent to an activating group) is 1. The van der Waals surface area contributed by atoms with Crippen LogP contribution >= 0.6 is 0 Å². The third-order valence-corrected chi connectivity index (χ3v) is 7.69. The van der Waals surface area contributed by atoms with Crippen LogP contribution in [0.5, 0.6) is 0 Å². The molecule has 0 unspecified atom stereocenters. The molecule has 0 aliphatic carbocycles. The Hall–Kier alpha value is -3.93. The Morgan fingerprint density at radius 3 is 2.25 bits per heavy atom. The number of rotatable bonds is 8. The number of ether oxygens (including phenoxy) is 1. The molecule has 2 N–H and O–H groups in total. The lowest BCUT2D eigenvalue weighted by Gasteiger charge is -2.32. The molecule has 2 saturated heterocycles. The van der Waals surface area contributed by atoms with Crippen LogP contribution in [0.4, 0.5) is 23.7 Å². The summed E-state index contributed by atoms with van der Waals surface area (Å²) in [6.07, 6.45) is -4.34. The highest BCUT2D eigenvalue weighted by Crippen LogP contribution is 2.45. The van der Waals surface area contributed by atoms with Crippen LogP contribution in [0, 0.1) is 11.8 Å². The maximum Gasteiger partial charge on any atom is 0.416 e. The lowest BCUT2D eigenvalue weighted by Crippen LogP contribution is -2.58. The van der Waals surface area contributed by atoms with Crippen molar-refractivity contribution in [3.8, 4) is 0 Å². The Morgan fingerprint density at radius 1 is 1.05 bits per heavy atom. The van der Waals surface area contributed by atoms with Crippen LogP contribution in [0.1, 0.15) is 31.4 Å². The van der Waals surface area contributed by atoms with Gasteiger partial charge < -0.3 is 15.0 Å². The minimum atomic E-state index is -4.51. The van der Waals surface area contributed by atoms with Crippen LogP contribution < -0.4 is 10.6 Å². The number of carbonyl (C=O) groups is 4. The molecule has 2 heterocycles. The number of anilines is 1. The summed E-state index contributed by atoms with van der Waals surface area (Å²) in [6.45, 7) is 3.62. The SMILES string of the molecule is CCN(C[C@H]1N[C@@](CC)(C(=O)OC)[C@H]2C(=O)N(Cc3ccccc3)C(=O)[C@@H]12)C(=O)Nc1ccc(C(F)(F)F)cc1. The van der Waals surface area contributed by atoms with E-state index in [1.807, 2.05) is 6.07 Å². The topological polar surface area (TPSA) is 108 Å². The molecular formula is C28H31F3N4O5. The largest absolute Gasteiger partial charge is 0.468 e. The number of halogens is 3. The van der Waals surface area contributed by atoms with E-state index in [9.17, 15) is 32.3 Å². The van der Waals surface area contributed by atoms with Crippen LogP contribution in [0.15, 0.2) is 54.6 Å². The first-order chi connectivity index (χ1) is 19.0. The number of likely N-dealkylation sites (tertiary alicyclic amines) is 1. The molecule has 0 spiro atoms. The summed E-state index contributed by atoms with van der Waals surface area (Å²) < 4.78 is 43.7. The fourth-order valence-electron chi connectivity index (χ4n) is 5.64. The average Bonchev–Trinajstić information content (AvgIpc) is 3.40. The summed E-state index contributed by atoms with van der Waals surface area (Å²) in [4.78, 5) is 56.0. The minimum Gasteiger partial charge on any atom is -0.468 e. The number of methoxy groups -OCH3 is 1. The molecule has 0 saturated carbocycles. The zero-order chi connectivity index (χ0) is 29.2. The van der Waals surface area contributed by atoms with Gasteiger partial charge in [0.15, 0.2) is 0 Å². The van der Waals surface area contributed by atoms with E-state index in [4.69, 9.17) is 4.74 Å². The highest BCUT2D eigenvalue weighted by Gasteiger charge is 2.67. The molecule has 0 aromatic heterocycles. The van der Waals surface area contributed by atoms with Gasteiger partial charge in [0, 0.05) is 24.8 Å². The average molecular weight is 561 g/mol. The summed E-state index contributed by atoms with van der Waals surface area (Å²) in [5, 5.41) is 5.74. The summed E-state index contributed by atoms with van der Waals surface area (Å²) in [6, 6.07) is 11.7. The lowest BCUT2D eigenvalue weighted by molar-refractivity contribution is -0.154. The van der Waals surface area contributed by atoms with E-state index in [0.29, 0.717) is 0 Å². The van der Waals surface area contributed by atoms with Crippen molar-refractivity contribution in [1.29, 1.82) is 0 Å². The maximum atomic E-state index is 13.7. The van der Waals surface area contributed by atoms with Gasteiger partial charge in [-0.15, -0.1) is 0 Å². The van der Waals surface area contributed by atoms with E-state index in [1.165, 1.54) is 12.0 Å². The van der Waals surface area contributed by atoms with Gasteiger partial charge in [-0.2, -0.15) is 13.2 Å². The number of hydrogen-bond donors (Lipinski definition) is 2. The standard InChI is InChI=1S/C28H31F3N4O5/c1-4-27(25(38)40-3)22-21(23(36)35(24(22)37)15-17-9-7-6-8-10-17)20(33-27)16-34(5-2)26(39)32-19-13-11-18(12-14-19)28(29,30)31/h6-14,20-22,33H,4-5,15-16H2,1-3H3,(H,32,39)/t20-,21+,22-,27-/m1/s1. The van der Waals surface area contributed by atoms with E-state index in [2.05, 4.69) is 10.6 Å². The van der Waals surface area contributed by atoms with Gasteiger partial charge in [-0.3, -0.25) is 24.6 Å². The second kappa shape index (κ2) is 11.3. The van der Waals surface area contributed by atoms with E-state index < -0.39 is 59.0 Å². The van der Waals surface area contributed by atoms with Crippen LogP contribution in [0.3, 0.4) is 0 Å². The molecule has 0 radical (unpaired) electrons. The Morgan fingerprint density at radius 2 is 1.70 bits per heavy atom.